The molecular weight excluding hydrogens is 378 g/mol. The van der Waals surface area contributed by atoms with E-state index in [1.54, 1.807) is 0 Å². The maximum Gasteiger partial charge on any atom is 0.196 e. The smallest absolute Gasteiger partial charge is 0.196 e. The van der Waals surface area contributed by atoms with Gasteiger partial charge >= 0.3 is 0 Å². The van der Waals surface area contributed by atoms with Gasteiger partial charge in [-0.2, -0.15) is 0 Å². The quantitative estimate of drug-likeness (QED) is 0.502. The highest BCUT2D eigenvalue weighted by Crippen LogP contribution is 2.29. The van der Waals surface area contributed by atoms with Crippen LogP contribution >= 0.6 is 24.0 Å². The minimum atomic E-state index is 0.556. The van der Waals surface area contributed by atoms with Gasteiger partial charge in [0, 0.05) is 37.0 Å². The van der Waals surface area contributed by atoms with Crippen molar-refractivity contribution in [2.45, 2.75) is 29.8 Å². The highest BCUT2D eigenvalue weighted by atomic mass is 32.2. The van der Waals surface area contributed by atoms with E-state index in [0.717, 1.165) is 53.1 Å². The lowest BCUT2D eigenvalue weighted by Gasteiger charge is -2.27. The lowest BCUT2D eigenvalue weighted by Crippen LogP contribution is -2.30. The van der Waals surface area contributed by atoms with Gasteiger partial charge in [-0.05, 0) is 48.2 Å². The molecule has 0 spiro atoms. The Morgan fingerprint density at radius 1 is 1.19 bits per heavy atom. The minimum Gasteiger partial charge on any atom is -0.453 e. The minimum absolute atomic E-state index is 0.556. The third kappa shape index (κ3) is 3.55. The second-order valence-corrected chi connectivity index (χ2v) is 7.91. The molecule has 5 rings (SSSR count). The molecule has 0 radical (unpaired) electrons. The molecule has 136 valence electrons. The van der Waals surface area contributed by atoms with Crippen LogP contribution in [0.1, 0.15) is 17.0 Å². The molecule has 1 aliphatic rings. The van der Waals surface area contributed by atoms with Crippen LogP contribution in [-0.2, 0) is 19.5 Å². The number of H-pyrrole nitrogens is 2. The summed E-state index contributed by atoms with van der Waals surface area (Å²) in [5.74, 6) is 0.953. The molecule has 0 saturated heterocycles. The van der Waals surface area contributed by atoms with Gasteiger partial charge in [-0.25, -0.2) is 9.97 Å². The van der Waals surface area contributed by atoms with Crippen molar-refractivity contribution in [3.63, 3.8) is 0 Å². The summed E-state index contributed by atoms with van der Waals surface area (Å²) >= 11 is 6.61. The van der Waals surface area contributed by atoms with Gasteiger partial charge < -0.3 is 14.4 Å². The van der Waals surface area contributed by atoms with Crippen molar-refractivity contribution < 1.29 is 4.42 Å². The predicted octanol–water partition coefficient (Wildman–Crippen LogP) is 4.32. The molecule has 1 aliphatic heterocycles. The van der Waals surface area contributed by atoms with E-state index >= 15 is 0 Å². The number of hydrogen-bond donors (Lipinski definition) is 2. The van der Waals surface area contributed by atoms with Crippen molar-refractivity contribution in [2.75, 3.05) is 6.54 Å². The number of aromatic amines is 2. The summed E-state index contributed by atoms with van der Waals surface area (Å²) in [5, 5.41) is 1.68. The highest BCUT2D eigenvalue weighted by molar-refractivity contribution is 7.99. The van der Waals surface area contributed by atoms with Crippen LogP contribution in [0, 0.1) is 4.77 Å². The molecule has 8 heteroatoms. The van der Waals surface area contributed by atoms with Crippen LogP contribution in [0.4, 0.5) is 0 Å². The van der Waals surface area contributed by atoms with Crippen LogP contribution in [0.15, 0.2) is 57.3 Å². The van der Waals surface area contributed by atoms with Crippen molar-refractivity contribution in [1.29, 1.82) is 0 Å². The number of para-hydroxylation sites is 2. The lowest BCUT2D eigenvalue weighted by atomic mass is 10.1. The van der Waals surface area contributed by atoms with Gasteiger partial charge in [0.05, 0.1) is 17.6 Å². The second kappa shape index (κ2) is 6.95. The first kappa shape index (κ1) is 16.7. The number of benzene rings is 1. The largest absolute Gasteiger partial charge is 0.453 e. The maximum atomic E-state index is 6.01. The Morgan fingerprint density at radius 3 is 3.04 bits per heavy atom. The zero-order valence-electron chi connectivity index (χ0n) is 14.4. The van der Waals surface area contributed by atoms with Crippen molar-refractivity contribution in [2.24, 2.45) is 0 Å². The molecule has 0 bridgehead atoms. The van der Waals surface area contributed by atoms with E-state index in [2.05, 4.69) is 24.8 Å². The van der Waals surface area contributed by atoms with E-state index < -0.39 is 0 Å². The van der Waals surface area contributed by atoms with Gasteiger partial charge in [0.25, 0.3) is 0 Å². The molecule has 27 heavy (non-hydrogen) atoms. The molecule has 6 nitrogen and oxygen atoms in total. The molecule has 4 aromatic rings. The van der Waals surface area contributed by atoms with Crippen LogP contribution in [0.2, 0.25) is 0 Å². The second-order valence-electron chi connectivity index (χ2n) is 6.53. The van der Waals surface area contributed by atoms with Crippen LogP contribution < -0.4 is 0 Å². The van der Waals surface area contributed by atoms with E-state index in [4.69, 9.17) is 16.6 Å². The number of nitrogens with zero attached hydrogens (tertiary/aromatic N) is 3. The molecule has 1 aromatic carbocycles. The van der Waals surface area contributed by atoms with E-state index in [0.29, 0.717) is 4.77 Å². The molecule has 0 unspecified atom stereocenters. The number of rotatable bonds is 4. The highest BCUT2D eigenvalue weighted by Gasteiger charge is 2.18. The molecule has 0 atom stereocenters. The Morgan fingerprint density at radius 2 is 2.11 bits per heavy atom. The molecule has 0 saturated carbocycles. The van der Waals surface area contributed by atoms with Crippen molar-refractivity contribution in [3.05, 3.63) is 64.4 Å². The fourth-order valence-corrected chi connectivity index (χ4v) is 4.29. The number of nitrogens with one attached hydrogen (secondary N) is 2. The summed E-state index contributed by atoms with van der Waals surface area (Å²) in [5.41, 5.74) is 4.41. The molecular formula is C19H17N5OS2. The van der Waals surface area contributed by atoms with Gasteiger partial charge in [0.1, 0.15) is 5.76 Å². The van der Waals surface area contributed by atoms with Crippen molar-refractivity contribution in [1.82, 2.24) is 24.8 Å². The zero-order valence-corrected chi connectivity index (χ0v) is 16.1. The topological polar surface area (TPSA) is 73.7 Å². The molecule has 0 aliphatic carbocycles. The van der Waals surface area contributed by atoms with Crippen molar-refractivity contribution >= 4 is 35.0 Å². The van der Waals surface area contributed by atoms with Gasteiger partial charge in [-0.1, -0.05) is 12.1 Å². The van der Waals surface area contributed by atoms with E-state index in [9.17, 15) is 0 Å². The Balaban J connectivity index is 1.27. The monoisotopic (exact) mass is 395 g/mol. The van der Waals surface area contributed by atoms with E-state index in [-0.39, 0.29) is 0 Å². The van der Waals surface area contributed by atoms with E-state index in [1.807, 2.05) is 42.6 Å². The van der Waals surface area contributed by atoms with Gasteiger partial charge in [0.15, 0.2) is 15.0 Å². The van der Waals surface area contributed by atoms with Crippen LogP contribution in [0.25, 0.3) is 11.0 Å². The lowest BCUT2D eigenvalue weighted by molar-refractivity contribution is 0.218. The molecule has 0 fully saturated rings. The van der Waals surface area contributed by atoms with Crippen molar-refractivity contribution in [3.8, 4) is 0 Å². The van der Waals surface area contributed by atoms with Gasteiger partial charge in [-0.3, -0.25) is 4.90 Å². The Kier molecular flexibility index (Phi) is 4.31. The summed E-state index contributed by atoms with van der Waals surface area (Å²) < 4.78 is 6.57. The number of imidazole rings is 1. The maximum absolute atomic E-state index is 6.01. The SMILES string of the molecule is S=c1ncc2c([nH]1)CCN(Cc1ccc(Sc3nc4ccccc4[nH]3)o1)C2. The fraction of sp³-hybridized carbons (Fsp3) is 0.211. The normalized spacial score (nSPS) is 14.5. The summed E-state index contributed by atoms with van der Waals surface area (Å²) in [6.45, 7) is 2.59. The average Bonchev–Trinajstić information content (AvgIpc) is 3.28. The van der Waals surface area contributed by atoms with E-state index in [1.165, 1.54) is 23.0 Å². The van der Waals surface area contributed by atoms with Crippen LogP contribution in [0.5, 0.6) is 0 Å². The first-order valence-electron chi connectivity index (χ1n) is 8.74. The third-order valence-electron chi connectivity index (χ3n) is 4.64. The first-order chi connectivity index (χ1) is 13.2. The number of aromatic nitrogens is 4. The standard InChI is InChI=1S/C19H17N5OS2/c26-18-20-9-12-10-24(8-7-14(12)21-18)11-13-5-6-17(25-13)27-19-22-15-3-1-2-4-16(15)23-19/h1-6,9H,7-8,10-11H2,(H,22,23)(H,20,21,26). The zero-order chi connectivity index (χ0) is 18.2. The molecule has 4 heterocycles. The molecule has 3 aromatic heterocycles. The Bertz CT molecular complexity index is 1130. The Hall–Kier alpha value is -2.42. The summed E-state index contributed by atoms with van der Waals surface area (Å²) in [6.07, 6.45) is 2.83. The summed E-state index contributed by atoms with van der Waals surface area (Å²) in [6, 6.07) is 12.1. The number of hydrogen-bond acceptors (Lipinski definition) is 6. The Labute approximate surface area is 165 Å². The number of fused-ring (bicyclic) bond motifs is 2. The average molecular weight is 396 g/mol. The summed E-state index contributed by atoms with van der Waals surface area (Å²) in [7, 11) is 0. The van der Waals surface area contributed by atoms with Gasteiger partial charge in [0.2, 0.25) is 0 Å². The number of furan rings is 1. The first-order valence-corrected chi connectivity index (χ1v) is 9.96. The summed E-state index contributed by atoms with van der Waals surface area (Å²) in [4.78, 5) is 17.6. The molecule has 0 amide bonds. The molecule has 2 N–H and O–H groups in total. The fourth-order valence-electron chi connectivity index (χ4n) is 3.33. The third-order valence-corrected chi connectivity index (χ3v) is 5.65. The van der Waals surface area contributed by atoms with Crippen LogP contribution in [-0.4, -0.2) is 31.4 Å². The van der Waals surface area contributed by atoms with Gasteiger partial charge in [-0.15, -0.1) is 0 Å². The van der Waals surface area contributed by atoms with Crippen LogP contribution in [0.3, 0.4) is 0 Å². The predicted molar refractivity (Wildman–Crippen MR) is 106 cm³/mol.